The van der Waals surface area contributed by atoms with E-state index < -0.39 is 6.10 Å². The molecule has 34 heavy (non-hydrogen) atoms. The summed E-state index contributed by atoms with van der Waals surface area (Å²) in [6, 6.07) is 3.34. The van der Waals surface area contributed by atoms with Gasteiger partial charge in [0, 0.05) is 6.54 Å². The maximum Gasteiger partial charge on any atom is 0.256 e. The Kier molecular flexibility index (Phi) is 20.1. The van der Waals surface area contributed by atoms with Crippen LogP contribution in [0.5, 0.6) is 0 Å². The van der Waals surface area contributed by atoms with Crippen molar-refractivity contribution in [2.45, 2.75) is 148 Å². The molecule has 2 unspecified atom stereocenters. The fourth-order valence-corrected chi connectivity index (χ4v) is 4.75. The van der Waals surface area contributed by atoms with Gasteiger partial charge in [0.2, 0.25) is 0 Å². The summed E-state index contributed by atoms with van der Waals surface area (Å²) >= 11 is 0. The molecule has 0 saturated heterocycles. The molecule has 1 amide bonds. The number of rotatable bonds is 24. The third-order valence-corrected chi connectivity index (χ3v) is 7.06. The van der Waals surface area contributed by atoms with Crippen LogP contribution in [-0.4, -0.2) is 17.6 Å². The molecule has 0 spiro atoms. The van der Waals surface area contributed by atoms with Crippen molar-refractivity contribution < 1.29 is 14.3 Å². The van der Waals surface area contributed by atoms with E-state index in [9.17, 15) is 9.90 Å². The van der Waals surface area contributed by atoms with Crippen LogP contribution < -0.4 is 5.32 Å². The van der Waals surface area contributed by atoms with Crippen molar-refractivity contribution in [2.24, 2.45) is 5.92 Å². The summed E-state index contributed by atoms with van der Waals surface area (Å²) in [5.41, 5.74) is 0. The van der Waals surface area contributed by atoms with Crippen LogP contribution in [0.25, 0.3) is 0 Å². The number of furan rings is 1. The van der Waals surface area contributed by atoms with Gasteiger partial charge in [-0.1, -0.05) is 129 Å². The first-order valence-corrected chi connectivity index (χ1v) is 14.7. The number of amides is 1. The average Bonchev–Trinajstić information content (AvgIpc) is 3.39. The number of carbonyl (C=O) groups is 1. The van der Waals surface area contributed by atoms with Gasteiger partial charge < -0.3 is 14.8 Å². The van der Waals surface area contributed by atoms with Gasteiger partial charge in [0.15, 0.2) is 6.10 Å². The molecule has 2 N–H and O–H groups in total. The molecule has 1 rings (SSSR count). The van der Waals surface area contributed by atoms with Gasteiger partial charge in [-0.3, -0.25) is 4.79 Å². The Morgan fingerprint density at radius 3 is 1.62 bits per heavy atom. The summed E-state index contributed by atoms with van der Waals surface area (Å²) in [4.78, 5) is 12.4. The molecular weight excluding hydrogens is 422 g/mol. The minimum atomic E-state index is -1.21. The third kappa shape index (κ3) is 16.4. The van der Waals surface area contributed by atoms with Gasteiger partial charge >= 0.3 is 0 Å². The molecule has 0 bridgehead atoms. The Morgan fingerprint density at radius 2 is 1.21 bits per heavy atom. The lowest BCUT2D eigenvalue weighted by Gasteiger charge is -2.19. The zero-order valence-corrected chi connectivity index (χ0v) is 22.5. The van der Waals surface area contributed by atoms with Crippen LogP contribution in [0.15, 0.2) is 22.8 Å². The van der Waals surface area contributed by atoms with Crippen molar-refractivity contribution in [3.05, 3.63) is 24.2 Å². The lowest BCUT2D eigenvalue weighted by molar-refractivity contribution is -0.130. The topological polar surface area (TPSA) is 62.5 Å². The molecule has 0 fully saturated rings. The molecule has 0 saturated carbocycles. The van der Waals surface area contributed by atoms with Crippen molar-refractivity contribution >= 4 is 5.91 Å². The summed E-state index contributed by atoms with van der Waals surface area (Å²) < 4.78 is 5.18. The van der Waals surface area contributed by atoms with Crippen molar-refractivity contribution in [2.75, 3.05) is 6.54 Å². The van der Waals surface area contributed by atoms with Crippen molar-refractivity contribution in [3.8, 4) is 0 Å². The highest BCUT2D eigenvalue weighted by Crippen LogP contribution is 2.20. The van der Waals surface area contributed by atoms with Gasteiger partial charge in [-0.2, -0.15) is 0 Å². The van der Waals surface area contributed by atoms with Crippen LogP contribution in [0.1, 0.15) is 154 Å². The van der Waals surface area contributed by atoms with E-state index in [1.54, 1.807) is 12.1 Å². The first-order valence-electron chi connectivity index (χ1n) is 14.7. The fraction of sp³-hybridized carbons (Fsp3) is 0.833. The fourth-order valence-electron chi connectivity index (χ4n) is 4.75. The van der Waals surface area contributed by atoms with Crippen LogP contribution in [0, 0.1) is 5.92 Å². The molecule has 1 aromatic rings. The van der Waals surface area contributed by atoms with Crippen molar-refractivity contribution in [1.82, 2.24) is 5.32 Å². The van der Waals surface area contributed by atoms with E-state index in [1.807, 2.05) is 0 Å². The predicted octanol–water partition coefficient (Wildman–Crippen LogP) is 8.89. The monoisotopic (exact) mass is 477 g/mol. The highest BCUT2D eigenvalue weighted by Gasteiger charge is 2.20. The number of nitrogens with one attached hydrogen (secondary N) is 1. The highest BCUT2D eigenvalue weighted by molar-refractivity contribution is 5.81. The quantitative estimate of drug-likeness (QED) is 0.146. The van der Waals surface area contributed by atoms with E-state index in [2.05, 4.69) is 19.2 Å². The molecule has 0 aliphatic rings. The van der Waals surface area contributed by atoms with Crippen LogP contribution in [0.2, 0.25) is 0 Å². The van der Waals surface area contributed by atoms with E-state index in [-0.39, 0.29) is 5.91 Å². The maximum absolute atomic E-state index is 12.4. The maximum atomic E-state index is 12.4. The zero-order valence-electron chi connectivity index (χ0n) is 22.5. The molecule has 2 atom stereocenters. The first kappa shape index (κ1) is 30.7. The predicted molar refractivity (Wildman–Crippen MR) is 144 cm³/mol. The van der Waals surface area contributed by atoms with E-state index in [0.29, 0.717) is 18.2 Å². The van der Waals surface area contributed by atoms with E-state index in [1.165, 1.54) is 135 Å². The number of hydrogen-bond donors (Lipinski definition) is 2. The summed E-state index contributed by atoms with van der Waals surface area (Å²) in [6.07, 6.45) is 26.8. The Labute approximate surface area is 210 Å². The van der Waals surface area contributed by atoms with Crippen LogP contribution >= 0.6 is 0 Å². The SMILES string of the molecule is CCCCCCCCCCCCC(CCCCCCCCCC)CNC(=O)C(O)c1ccco1. The van der Waals surface area contributed by atoms with Gasteiger partial charge in [0.05, 0.1) is 6.26 Å². The van der Waals surface area contributed by atoms with Crippen LogP contribution in [0.4, 0.5) is 0 Å². The molecule has 1 aromatic heterocycles. The van der Waals surface area contributed by atoms with Crippen molar-refractivity contribution in [3.63, 3.8) is 0 Å². The van der Waals surface area contributed by atoms with E-state index >= 15 is 0 Å². The molecule has 0 radical (unpaired) electrons. The minimum absolute atomic E-state index is 0.312. The Morgan fingerprint density at radius 1 is 0.765 bits per heavy atom. The third-order valence-electron chi connectivity index (χ3n) is 7.06. The molecular formula is C30H55NO3. The molecule has 4 heteroatoms. The first-order chi connectivity index (χ1) is 16.7. The summed E-state index contributed by atoms with van der Waals surface area (Å²) in [7, 11) is 0. The molecule has 4 nitrogen and oxygen atoms in total. The van der Waals surface area contributed by atoms with Gasteiger partial charge in [-0.25, -0.2) is 0 Å². The largest absolute Gasteiger partial charge is 0.466 e. The molecule has 1 heterocycles. The molecule has 198 valence electrons. The Balaban J connectivity index is 2.25. The number of aliphatic hydroxyl groups excluding tert-OH is 1. The number of unbranched alkanes of at least 4 members (excludes halogenated alkanes) is 16. The van der Waals surface area contributed by atoms with Gasteiger partial charge in [0.25, 0.3) is 5.91 Å². The van der Waals surface area contributed by atoms with Gasteiger partial charge in [-0.15, -0.1) is 0 Å². The second-order valence-corrected chi connectivity index (χ2v) is 10.3. The second kappa shape index (κ2) is 22.2. The van der Waals surface area contributed by atoms with Gasteiger partial charge in [-0.05, 0) is 30.9 Å². The minimum Gasteiger partial charge on any atom is -0.466 e. The van der Waals surface area contributed by atoms with Crippen molar-refractivity contribution in [1.29, 1.82) is 0 Å². The molecule has 0 aliphatic heterocycles. The number of carbonyl (C=O) groups excluding carboxylic acids is 1. The van der Waals surface area contributed by atoms with E-state index in [4.69, 9.17) is 4.42 Å². The zero-order chi connectivity index (χ0) is 24.7. The lowest BCUT2D eigenvalue weighted by Crippen LogP contribution is -2.33. The highest BCUT2D eigenvalue weighted by atomic mass is 16.4. The summed E-state index contributed by atoms with van der Waals surface area (Å²) in [5, 5.41) is 13.2. The normalized spacial score (nSPS) is 13.1. The lowest BCUT2D eigenvalue weighted by atomic mass is 9.93. The van der Waals surface area contributed by atoms with Crippen LogP contribution in [-0.2, 0) is 4.79 Å². The standard InChI is InChI=1S/C30H55NO3/c1-3-5-7-9-11-13-14-16-18-20-23-27(22-19-17-15-12-10-8-6-4-2)26-31-30(33)29(32)28-24-21-25-34-28/h21,24-25,27,29,32H,3-20,22-23,26H2,1-2H3,(H,31,33). The summed E-state index contributed by atoms with van der Waals surface area (Å²) in [5.74, 6) is 0.465. The molecule has 0 aliphatic carbocycles. The van der Waals surface area contributed by atoms with Gasteiger partial charge in [0.1, 0.15) is 5.76 Å². The smallest absolute Gasteiger partial charge is 0.256 e. The van der Waals surface area contributed by atoms with Crippen LogP contribution in [0.3, 0.4) is 0 Å². The Bertz CT molecular complexity index is 557. The van der Waals surface area contributed by atoms with E-state index in [0.717, 1.165) is 0 Å². The summed E-state index contributed by atoms with van der Waals surface area (Å²) in [6.45, 7) is 5.19. The number of hydrogen-bond acceptors (Lipinski definition) is 3. The Hall–Kier alpha value is -1.29. The number of aliphatic hydroxyl groups is 1. The molecule has 0 aromatic carbocycles. The second-order valence-electron chi connectivity index (χ2n) is 10.3. The average molecular weight is 478 g/mol.